The number of aliphatic hydroxyl groups excluding tert-OH is 1. The maximum absolute atomic E-state index is 13.5. The summed E-state index contributed by atoms with van der Waals surface area (Å²) in [5, 5.41) is 9.00. The van der Waals surface area contributed by atoms with E-state index in [0.717, 1.165) is 0 Å². The third-order valence-electron chi connectivity index (χ3n) is 2.61. The van der Waals surface area contributed by atoms with Crippen LogP contribution in [0.4, 0.5) is 4.39 Å². The van der Waals surface area contributed by atoms with Crippen LogP contribution in [-0.2, 0) is 4.74 Å². The molecule has 1 aromatic carbocycles. The zero-order valence-electron chi connectivity index (χ0n) is 9.58. The number of halogens is 1. The Kier molecular flexibility index (Phi) is 4.01. The van der Waals surface area contributed by atoms with Gasteiger partial charge < -0.3 is 9.84 Å². The van der Waals surface area contributed by atoms with Gasteiger partial charge in [-0.25, -0.2) is 9.18 Å². The first kappa shape index (κ1) is 12.6. The van der Waals surface area contributed by atoms with E-state index >= 15 is 0 Å². The number of rotatable bonds is 3. The van der Waals surface area contributed by atoms with Gasteiger partial charge in [0.2, 0.25) is 0 Å². The van der Waals surface area contributed by atoms with Crippen LogP contribution in [-0.4, -0.2) is 24.8 Å². The molecule has 1 atom stereocenters. The highest BCUT2D eigenvalue weighted by Crippen LogP contribution is 2.22. The molecule has 4 heteroatoms. The van der Waals surface area contributed by atoms with E-state index in [4.69, 9.17) is 5.11 Å². The van der Waals surface area contributed by atoms with Crippen LogP contribution in [0.3, 0.4) is 0 Å². The fourth-order valence-electron chi connectivity index (χ4n) is 1.41. The SMILES string of the molecule is COC(=O)c1cc(C(C)CO)cc(F)c1C. The molecule has 0 spiro atoms. The van der Waals surface area contributed by atoms with Crippen LogP contribution in [0.25, 0.3) is 0 Å². The second-order valence-electron chi connectivity index (χ2n) is 3.75. The monoisotopic (exact) mass is 226 g/mol. The minimum atomic E-state index is -0.566. The number of carbonyl (C=O) groups is 1. The van der Waals surface area contributed by atoms with E-state index in [0.29, 0.717) is 5.56 Å². The van der Waals surface area contributed by atoms with Gasteiger partial charge in [0.05, 0.1) is 12.7 Å². The standard InChI is InChI=1S/C12H15FO3/c1-7(6-14)9-4-10(12(15)16-3)8(2)11(13)5-9/h4-5,7,14H,6H2,1-3H3. The first-order valence-corrected chi connectivity index (χ1v) is 5.00. The second-order valence-corrected chi connectivity index (χ2v) is 3.75. The van der Waals surface area contributed by atoms with Crippen molar-refractivity contribution in [2.24, 2.45) is 0 Å². The molecule has 0 radical (unpaired) electrons. The molecule has 0 bridgehead atoms. The van der Waals surface area contributed by atoms with Crippen LogP contribution in [0, 0.1) is 12.7 Å². The molecule has 1 rings (SSSR count). The van der Waals surface area contributed by atoms with Gasteiger partial charge in [-0.15, -0.1) is 0 Å². The molecule has 0 aliphatic heterocycles. The Hall–Kier alpha value is -1.42. The highest BCUT2D eigenvalue weighted by atomic mass is 19.1. The van der Waals surface area contributed by atoms with Gasteiger partial charge in [0.15, 0.2) is 0 Å². The smallest absolute Gasteiger partial charge is 0.338 e. The summed E-state index contributed by atoms with van der Waals surface area (Å²) in [6.45, 7) is 3.18. The van der Waals surface area contributed by atoms with Crippen LogP contribution >= 0.6 is 0 Å². The van der Waals surface area contributed by atoms with E-state index in [1.165, 1.54) is 20.1 Å². The van der Waals surface area contributed by atoms with Crippen molar-refractivity contribution in [1.29, 1.82) is 0 Å². The lowest BCUT2D eigenvalue weighted by molar-refractivity contribution is 0.0599. The molecular weight excluding hydrogens is 211 g/mol. The number of esters is 1. The van der Waals surface area contributed by atoms with Crippen molar-refractivity contribution >= 4 is 5.97 Å². The van der Waals surface area contributed by atoms with Gasteiger partial charge in [-0.1, -0.05) is 6.92 Å². The molecule has 0 saturated heterocycles. The summed E-state index contributed by atoms with van der Waals surface area (Å²) >= 11 is 0. The average molecular weight is 226 g/mol. The zero-order valence-corrected chi connectivity index (χ0v) is 9.58. The van der Waals surface area contributed by atoms with Gasteiger partial charge in [0.1, 0.15) is 5.82 Å². The van der Waals surface area contributed by atoms with Crippen molar-refractivity contribution in [3.05, 3.63) is 34.6 Å². The molecule has 0 amide bonds. The van der Waals surface area contributed by atoms with Crippen molar-refractivity contribution in [3.63, 3.8) is 0 Å². The molecule has 0 saturated carbocycles. The van der Waals surface area contributed by atoms with Crippen LogP contribution in [0.2, 0.25) is 0 Å². The Bertz CT molecular complexity index is 401. The molecule has 88 valence electrons. The predicted octanol–water partition coefficient (Wildman–Crippen LogP) is 2.02. The van der Waals surface area contributed by atoms with Gasteiger partial charge >= 0.3 is 5.97 Å². The maximum atomic E-state index is 13.5. The topological polar surface area (TPSA) is 46.5 Å². The van der Waals surface area contributed by atoms with E-state index < -0.39 is 11.8 Å². The first-order valence-electron chi connectivity index (χ1n) is 5.00. The summed E-state index contributed by atoms with van der Waals surface area (Å²) in [4.78, 5) is 11.4. The molecule has 0 fully saturated rings. The minimum Gasteiger partial charge on any atom is -0.465 e. The van der Waals surface area contributed by atoms with E-state index in [9.17, 15) is 9.18 Å². The van der Waals surface area contributed by atoms with Gasteiger partial charge in [-0.3, -0.25) is 0 Å². The van der Waals surface area contributed by atoms with E-state index in [2.05, 4.69) is 4.74 Å². The molecule has 3 nitrogen and oxygen atoms in total. The fraction of sp³-hybridized carbons (Fsp3) is 0.417. The number of aliphatic hydroxyl groups is 1. The highest BCUT2D eigenvalue weighted by molar-refractivity contribution is 5.91. The molecule has 1 unspecified atom stereocenters. The van der Waals surface area contributed by atoms with Gasteiger partial charge in [-0.05, 0) is 30.2 Å². The normalized spacial score (nSPS) is 12.3. The number of hydrogen-bond acceptors (Lipinski definition) is 3. The Labute approximate surface area is 93.9 Å². The Morgan fingerprint density at radius 3 is 2.69 bits per heavy atom. The summed E-state index contributed by atoms with van der Waals surface area (Å²) in [6.07, 6.45) is 0. The Morgan fingerprint density at radius 2 is 2.19 bits per heavy atom. The number of carbonyl (C=O) groups excluding carboxylic acids is 1. The quantitative estimate of drug-likeness (QED) is 0.802. The maximum Gasteiger partial charge on any atom is 0.338 e. The van der Waals surface area contributed by atoms with Crippen LogP contribution in [0.15, 0.2) is 12.1 Å². The van der Waals surface area contributed by atoms with Crippen LogP contribution < -0.4 is 0 Å². The summed E-state index contributed by atoms with van der Waals surface area (Å²) < 4.78 is 18.1. The second kappa shape index (κ2) is 5.07. The minimum absolute atomic E-state index is 0.0941. The summed E-state index contributed by atoms with van der Waals surface area (Å²) in [7, 11) is 1.25. The van der Waals surface area contributed by atoms with Gasteiger partial charge in [-0.2, -0.15) is 0 Å². The van der Waals surface area contributed by atoms with Crippen LogP contribution in [0.5, 0.6) is 0 Å². The predicted molar refractivity (Wildman–Crippen MR) is 58.0 cm³/mol. The number of hydrogen-bond donors (Lipinski definition) is 1. The van der Waals surface area contributed by atoms with Crippen molar-refractivity contribution in [3.8, 4) is 0 Å². The lowest BCUT2D eigenvalue weighted by atomic mass is 9.96. The largest absolute Gasteiger partial charge is 0.465 e. The van der Waals surface area contributed by atoms with Crippen LogP contribution in [0.1, 0.15) is 34.3 Å². The van der Waals surface area contributed by atoms with Crippen molar-refractivity contribution in [2.75, 3.05) is 13.7 Å². The summed E-state index contributed by atoms with van der Waals surface area (Å²) in [5.41, 5.74) is 1.06. The van der Waals surface area contributed by atoms with Gasteiger partial charge in [0, 0.05) is 12.5 Å². The molecule has 0 heterocycles. The Balaban J connectivity index is 3.27. The molecule has 1 N–H and O–H groups in total. The highest BCUT2D eigenvalue weighted by Gasteiger charge is 2.16. The number of benzene rings is 1. The third kappa shape index (κ3) is 2.39. The summed E-state index contributed by atoms with van der Waals surface area (Å²) in [6, 6.07) is 2.90. The van der Waals surface area contributed by atoms with Crippen molar-refractivity contribution < 1.29 is 19.0 Å². The fourth-order valence-corrected chi connectivity index (χ4v) is 1.41. The number of ether oxygens (including phenoxy) is 1. The molecule has 0 aliphatic carbocycles. The molecule has 0 aliphatic rings. The van der Waals surface area contributed by atoms with E-state index in [-0.39, 0.29) is 23.7 Å². The average Bonchev–Trinajstić information content (AvgIpc) is 2.30. The first-order chi connectivity index (χ1) is 7.51. The van der Waals surface area contributed by atoms with Gasteiger partial charge in [0.25, 0.3) is 0 Å². The van der Waals surface area contributed by atoms with E-state index in [1.54, 1.807) is 13.0 Å². The molecule has 0 aromatic heterocycles. The third-order valence-corrected chi connectivity index (χ3v) is 2.61. The molecule has 16 heavy (non-hydrogen) atoms. The van der Waals surface area contributed by atoms with Crippen molar-refractivity contribution in [2.45, 2.75) is 19.8 Å². The zero-order chi connectivity index (χ0) is 12.3. The lowest BCUT2D eigenvalue weighted by Crippen LogP contribution is -2.09. The Morgan fingerprint density at radius 1 is 1.56 bits per heavy atom. The van der Waals surface area contributed by atoms with E-state index in [1.807, 2.05) is 0 Å². The molecular formula is C12H15FO3. The van der Waals surface area contributed by atoms with Crippen molar-refractivity contribution in [1.82, 2.24) is 0 Å². The molecule has 1 aromatic rings. The summed E-state index contributed by atoms with van der Waals surface area (Å²) in [5.74, 6) is -1.24. The number of methoxy groups -OCH3 is 1. The lowest BCUT2D eigenvalue weighted by Gasteiger charge is -2.12.